The van der Waals surface area contributed by atoms with Gasteiger partial charge in [0.25, 0.3) is 0 Å². The number of aromatic nitrogens is 1. The Morgan fingerprint density at radius 2 is 2.14 bits per heavy atom. The fraction of sp³-hybridized carbons (Fsp3) is 0.500. The smallest absolute Gasteiger partial charge is 0.0708 e. The number of benzene rings is 1. The number of pyridine rings is 1. The first kappa shape index (κ1) is 14.5. The normalized spacial score (nSPS) is 23.6. The average molecular weight is 283 g/mol. The Balaban J connectivity index is 1.97. The number of hydrogen-bond donors (Lipinski definition) is 1. The molecule has 3 nitrogen and oxygen atoms in total. The molecule has 112 valence electrons. The van der Waals surface area contributed by atoms with E-state index in [4.69, 9.17) is 0 Å². The minimum atomic E-state index is 0.247. The van der Waals surface area contributed by atoms with Crippen LogP contribution in [0.2, 0.25) is 0 Å². The summed E-state index contributed by atoms with van der Waals surface area (Å²) in [6, 6.07) is 10.7. The van der Waals surface area contributed by atoms with Crippen LogP contribution in [-0.2, 0) is 6.54 Å². The second-order valence-electron chi connectivity index (χ2n) is 6.39. The van der Waals surface area contributed by atoms with E-state index in [1.807, 2.05) is 0 Å². The zero-order valence-corrected chi connectivity index (χ0v) is 13.3. The van der Waals surface area contributed by atoms with Crippen molar-refractivity contribution in [1.29, 1.82) is 0 Å². The minimum Gasteiger partial charge on any atom is -0.314 e. The van der Waals surface area contributed by atoms with Crippen LogP contribution in [0.1, 0.15) is 31.5 Å². The maximum atomic E-state index is 4.66. The molecule has 1 N–H and O–H groups in total. The lowest BCUT2D eigenvalue weighted by Gasteiger charge is -2.45. The predicted molar refractivity (Wildman–Crippen MR) is 88.5 cm³/mol. The highest BCUT2D eigenvalue weighted by molar-refractivity contribution is 5.82. The Kier molecular flexibility index (Phi) is 3.96. The summed E-state index contributed by atoms with van der Waals surface area (Å²) < 4.78 is 0. The van der Waals surface area contributed by atoms with Gasteiger partial charge in [0.1, 0.15) is 0 Å². The minimum absolute atomic E-state index is 0.247. The SMILES string of the molecule is CCC1(C)CNCCN1Cc1cc(C)nc2ccccc12. The van der Waals surface area contributed by atoms with Gasteiger partial charge in [-0.05, 0) is 38.0 Å². The van der Waals surface area contributed by atoms with Crippen molar-refractivity contribution in [3.63, 3.8) is 0 Å². The summed E-state index contributed by atoms with van der Waals surface area (Å²) in [4.78, 5) is 7.28. The quantitative estimate of drug-likeness (QED) is 0.938. The summed E-state index contributed by atoms with van der Waals surface area (Å²) in [5.41, 5.74) is 3.87. The predicted octanol–water partition coefficient (Wildman–Crippen LogP) is 3.12. The summed E-state index contributed by atoms with van der Waals surface area (Å²) in [5, 5.41) is 4.83. The van der Waals surface area contributed by atoms with Crippen molar-refractivity contribution in [3.8, 4) is 0 Å². The molecule has 1 aromatic carbocycles. The molecule has 0 amide bonds. The van der Waals surface area contributed by atoms with Gasteiger partial charge in [-0.2, -0.15) is 0 Å². The van der Waals surface area contributed by atoms with Crippen molar-refractivity contribution in [1.82, 2.24) is 15.2 Å². The number of para-hydroxylation sites is 1. The second-order valence-corrected chi connectivity index (χ2v) is 6.39. The van der Waals surface area contributed by atoms with Gasteiger partial charge in [0.05, 0.1) is 5.52 Å². The molecule has 21 heavy (non-hydrogen) atoms. The van der Waals surface area contributed by atoms with E-state index in [2.05, 4.69) is 66.3 Å². The zero-order chi connectivity index (χ0) is 14.9. The third-order valence-electron chi connectivity index (χ3n) is 4.88. The van der Waals surface area contributed by atoms with E-state index in [0.29, 0.717) is 0 Å². The van der Waals surface area contributed by atoms with Gasteiger partial charge in [-0.25, -0.2) is 0 Å². The van der Waals surface area contributed by atoms with Crippen LogP contribution in [0.25, 0.3) is 10.9 Å². The summed E-state index contributed by atoms with van der Waals surface area (Å²) in [6.07, 6.45) is 1.17. The number of nitrogens with one attached hydrogen (secondary N) is 1. The highest BCUT2D eigenvalue weighted by Gasteiger charge is 2.32. The molecular weight excluding hydrogens is 258 g/mol. The Bertz CT molecular complexity index is 637. The number of aryl methyl sites for hydroxylation is 1. The molecule has 1 aromatic heterocycles. The number of piperazine rings is 1. The Morgan fingerprint density at radius 3 is 2.95 bits per heavy atom. The van der Waals surface area contributed by atoms with E-state index in [0.717, 1.165) is 37.4 Å². The van der Waals surface area contributed by atoms with E-state index >= 15 is 0 Å². The first-order chi connectivity index (χ1) is 10.1. The second kappa shape index (κ2) is 5.74. The van der Waals surface area contributed by atoms with Crippen LogP contribution >= 0.6 is 0 Å². The van der Waals surface area contributed by atoms with Crippen molar-refractivity contribution in [2.75, 3.05) is 19.6 Å². The molecule has 1 aliphatic rings. The highest BCUT2D eigenvalue weighted by atomic mass is 15.2. The maximum absolute atomic E-state index is 4.66. The molecule has 2 heterocycles. The lowest BCUT2D eigenvalue weighted by molar-refractivity contribution is 0.0641. The van der Waals surface area contributed by atoms with Gasteiger partial charge in [-0.1, -0.05) is 25.1 Å². The molecule has 1 unspecified atom stereocenters. The van der Waals surface area contributed by atoms with Crippen LogP contribution in [-0.4, -0.2) is 35.1 Å². The van der Waals surface area contributed by atoms with Crippen LogP contribution in [0.15, 0.2) is 30.3 Å². The van der Waals surface area contributed by atoms with Crippen LogP contribution < -0.4 is 5.32 Å². The van der Waals surface area contributed by atoms with Crippen LogP contribution in [0.3, 0.4) is 0 Å². The first-order valence-corrected chi connectivity index (χ1v) is 7.93. The third kappa shape index (κ3) is 2.81. The number of rotatable bonds is 3. The summed E-state index contributed by atoms with van der Waals surface area (Å²) in [7, 11) is 0. The van der Waals surface area contributed by atoms with Crippen molar-refractivity contribution in [2.24, 2.45) is 0 Å². The van der Waals surface area contributed by atoms with E-state index in [9.17, 15) is 0 Å². The summed E-state index contributed by atoms with van der Waals surface area (Å²) in [6.45, 7) is 11.0. The van der Waals surface area contributed by atoms with E-state index < -0.39 is 0 Å². The highest BCUT2D eigenvalue weighted by Crippen LogP contribution is 2.26. The van der Waals surface area contributed by atoms with Crippen molar-refractivity contribution < 1.29 is 0 Å². The van der Waals surface area contributed by atoms with Gasteiger partial charge in [-0.3, -0.25) is 9.88 Å². The molecule has 0 radical (unpaired) electrons. The molecule has 1 aliphatic heterocycles. The summed E-state index contributed by atoms with van der Waals surface area (Å²) in [5.74, 6) is 0. The fourth-order valence-electron chi connectivity index (χ4n) is 3.30. The molecule has 3 rings (SSSR count). The third-order valence-corrected chi connectivity index (χ3v) is 4.88. The summed E-state index contributed by atoms with van der Waals surface area (Å²) >= 11 is 0. The Labute approximate surface area is 127 Å². The van der Waals surface area contributed by atoms with Gasteiger partial charge in [0, 0.05) is 42.8 Å². The topological polar surface area (TPSA) is 28.2 Å². The molecule has 0 saturated carbocycles. The molecule has 0 spiro atoms. The van der Waals surface area contributed by atoms with E-state index in [1.54, 1.807) is 0 Å². The fourth-order valence-corrected chi connectivity index (χ4v) is 3.30. The molecule has 1 fully saturated rings. The van der Waals surface area contributed by atoms with Crippen LogP contribution in [0, 0.1) is 6.92 Å². The van der Waals surface area contributed by atoms with Crippen molar-refractivity contribution in [3.05, 3.63) is 41.6 Å². The lowest BCUT2D eigenvalue weighted by atomic mass is 9.93. The van der Waals surface area contributed by atoms with Crippen LogP contribution in [0.5, 0.6) is 0 Å². The number of hydrogen-bond acceptors (Lipinski definition) is 3. The monoisotopic (exact) mass is 283 g/mol. The molecule has 0 aliphatic carbocycles. The molecule has 1 atom stereocenters. The largest absolute Gasteiger partial charge is 0.314 e. The first-order valence-electron chi connectivity index (χ1n) is 7.93. The zero-order valence-electron chi connectivity index (χ0n) is 13.3. The maximum Gasteiger partial charge on any atom is 0.0708 e. The molecule has 0 bridgehead atoms. The van der Waals surface area contributed by atoms with Gasteiger partial charge in [-0.15, -0.1) is 0 Å². The standard InChI is InChI=1S/C18H25N3/c1-4-18(3)13-19-9-10-21(18)12-15-11-14(2)20-17-8-6-5-7-16(15)17/h5-8,11,19H,4,9-10,12-13H2,1-3H3. The number of nitrogens with zero attached hydrogens (tertiary/aromatic N) is 2. The van der Waals surface area contributed by atoms with Gasteiger partial charge >= 0.3 is 0 Å². The van der Waals surface area contributed by atoms with Gasteiger partial charge in [0.2, 0.25) is 0 Å². The van der Waals surface area contributed by atoms with E-state index in [-0.39, 0.29) is 5.54 Å². The average Bonchev–Trinajstić information content (AvgIpc) is 2.49. The van der Waals surface area contributed by atoms with Crippen molar-refractivity contribution >= 4 is 10.9 Å². The molecular formula is C18H25N3. The van der Waals surface area contributed by atoms with Crippen LogP contribution in [0.4, 0.5) is 0 Å². The van der Waals surface area contributed by atoms with Gasteiger partial charge in [0.15, 0.2) is 0 Å². The van der Waals surface area contributed by atoms with Gasteiger partial charge < -0.3 is 5.32 Å². The molecule has 1 saturated heterocycles. The molecule has 2 aromatic rings. The number of fused-ring (bicyclic) bond motifs is 1. The van der Waals surface area contributed by atoms with E-state index in [1.165, 1.54) is 17.4 Å². The Morgan fingerprint density at radius 1 is 1.33 bits per heavy atom. The lowest BCUT2D eigenvalue weighted by Crippen LogP contribution is -2.58. The van der Waals surface area contributed by atoms with Crippen molar-refractivity contribution in [2.45, 2.75) is 39.3 Å². The Hall–Kier alpha value is -1.45. The molecule has 3 heteroatoms.